The first kappa shape index (κ1) is 14.3. The number of piperazine rings is 1. The van der Waals surface area contributed by atoms with Crippen LogP contribution in [0, 0.1) is 0 Å². The molecule has 1 aromatic carbocycles. The lowest BCUT2D eigenvalue weighted by Crippen LogP contribution is -2.50. The van der Waals surface area contributed by atoms with Crippen molar-refractivity contribution >= 4 is 11.6 Å². The molecule has 2 atom stereocenters. The molecule has 0 saturated carbocycles. The molecule has 3 nitrogen and oxygen atoms in total. The Kier molecular flexibility index (Phi) is 4.61. The van der Waals surface area contributed by atoms with Crippen molar-refractivity contribution in [3.8, 4) is 0 Å². The fourth-order valence-electron chi connectivity index (χ4n) is 3.51. The molecule has 2 heterocycles. The van der Waals surface area contributed by atoms with Gasteiger partial charge in [-0.15, -0.1) is 0 Å². The van der Waals surface area contributed by atoms with E-state index < -0.39 is 0 Å². The Morgan fingerprint density at radius 3 is 2.95 bits per heavy atom. The molecule has 2 aliphatic heterocycles. The average molecular weight is 294 g/mol. The minimum atomic E-state index is 0.0466. The van der Waals surface area contributed by atoms with Crippen molar-refractivity contribution in [2.45, 2.75) is 31.3 Å². The summed E-state index contributed by atoms with van der Waals surface area (Å²) in [6.07, 6.45) is 3.72. The standard InChI is InChI=1S/C16H24ClN3/c17-15-6-2-1-5-14(15)16(18)7-9-19-10-11-20-8-3-4-13(20)12-19/h1-2,5-6,13,16H,3-4,7-12,18H2. The molecule has 0 amide bonds. The third kappa shape index (κ3) is 3.17. The predicted octanol–water partition coefficient (Wildman–Crippen LogP) is 2.51. The lowest BCUT2D eigenvalue weighted by atomic mass is 10.0. The Bertz CT molecular complexity index is 451. The SMILES string of the molecule is NC(CCN1CCN2CCCC2C1)c1ccccc1Cl. The van der Waals surface area contributed by atoms with Crippen molar-refractivity contribution in [1.29, 1.82) is 0 Å². The average Bonchev–Trinajstić information content (AvgIpc) is 2.92. The maximum atomic E-state index is 6.30. The van der Waals surface area contributed by atoms with E-state index in [1.807, 2.05) is 24.3 Å². The monoisotopic (exact) mass is 293 g/mol. The molecule has 0 bridgehead atoms. The summed E-state index contributed by atoms with van der Waals surface area (Å²) < 4.78 is 0. The summed E-state index contributed by atoms with van der Waals surface area (Å²) in [5, 5.41) is 0.792. The molecule has 0 aliphatic carbocycles. The van der Waals surface area contributed by atoms with Crippen LogP contribution in [0.5, 0.6) is 0 Å². The van der Waals surface area contributed by atoms with Gasteiger partial charge in [0.1, 0.15) is 0 Å². The van der Waals surface area contributed by atoms with E-state index in [0.29, 0.717) is 0 Å². The molecular weight excluding hydrogens is 270 g/mol. The minimum Gasteiger partial charge on any atom is -0.324 e. The number of rotatable bonds is 4. The Labute approximate surface area is 126 Å². The van der Waals surface area contributed by atoms with Gasteiger partial charge in [-0.25, -0.2) is 0 Å². The zero-order valence-electron chi connectivity index (χ0n) is 12.0. The number of halogens is 1. The molecule has 110 valence electrons. The smallest absolute Gasteiger partial charge is 0.0453 e. The number of nitrogens with two attached hydrogens (primary N) is 1. The number of hydrogen-bond donors (Lipinski definition) is 1. The van der Waals surface area contributed by atoms with Crippen LogP contribution in [0.1, 0.15) is 30.9 Å². The quantitative estimate of drug-likeness (QED) is 0.926. The lowest BCUT2D eigenvalue weighted by molar-refractivity contribution is 0.102. The van der Waals surface area contributed by atoms with Crippen molar-refractivity contribution in [3.05, 3.63) is 34.9 Å². The molecule has 2 aliphatic rings. The summed E-state index contributed by atoms with van der Waals surface area (Å²) >= 11 is 6.21. The van der Waals surface area contributed by atoms with Gasteiger partial charge in [0.05, 0.1) is 0 Å². The van der Waals surface area contributed by atoms with Crippen molar-refractivity contribution in [2.24, 2.45) is 5.73 Å². The van der Waals surface area contributed by atoms with Crippen molar-refractivity contribution in [2.75, 3.05) is 32.7 Å². The van der Waals surface area contributed by atoms with Crippen LogP contribution in [0.4, 0.5) is 0 Å². The van der Waals surface area contributed by atoms with Gasteiger partial charge in [-0.1, -0.05) is 29.8 Å². The summed E-state index contributed by atoms with van der Waals surface area (Å²) in [7, 11) is 0. The highest BCUT2D eigenvalue weighted by atomic mass is 35.5. The van der Waals surface area contributed by atoms with Gasteiger partial charge in [-0.05, 0) is 37.4 Å². The summed E-state index contributed by atoms with van der Waals surface area (Å²) in [6, 6.07) is 8.78. The number of hydrogen-bond acceptors (Lipinski definition) is 3. The highest BCUT2D eigenvalue weighted by Crippen LogP contribution is 2.25. The molecule has 2 N–H and O–H groups in total. The maximum Gasteiger partial charge on any atom is 0.0453 e. The van der Waals surface area contributed by atoms with Crippen LogP contribution in [0.15, 0.2) is 24.3 Å². The van der Waals surface area contributed by atoms with Crippen LogP contribution in [0.3, 0.4) is 0 Å². The molecule has 0 radical (unpaired) electrons. The minimum absolute atomic E-state index is 0.0466. The van der Waals surface area contributed by atoms with Gasteiger partial charge in [-0.2, -0.15) is 0 Å². The van der Waals surface area contributed by atoms with Crippen molar-refractivity contribution in [3.63, 3.8) is 0 Å². The second-order valence-corrected chi connectivity index (χ2v) is 6.46. The first-order chi connectivity index (χ1) is 9.74. The maximum absolute atomic E-state index is 6.30. The van der Waals surface area contributed by atoms with Crippen LogP contribution >= 0.6 is 11.6 Å². The van der Waals surface area contributed by atoms with E-state index in [-0.39, 0.29) is 6.04 Å². The number of benzene rings is 1. The van der Waals surface area contributed by atoms with Crippen LogP contribution in [0.2, 0.25) is 5.02 Å². The van der Waals surface area contributed by atoms with Crippen LogP contribution in [0.25, 0.3) is 0 Å². The molecule has 0 spiro atoms. The van der Waals surface area contributed by atoms with E-state index in [4.69, 9.17) is 17.3 Å². The van der Waals surface area contributed by atoms with Crippen molar-refractivity contribution < 1.29 is 0 Å². The van der Waals surface area contributed by atoms with Crippen LogP contribution < -0.4 is 5.73 Å². The van der Waals surface area contributed by atoms with Gasteiger partial charge in [0, 0.05) is 43.3 Å². The van der Waals surface area contributed by atoms with E-state index >= 15 is 0 Å². The summed E-state index contributed by atoms with van der Waals surface area (Å²) in [4.78, 5) is 5.22. The van der Waals surface area contributed by atoms with E-state index in [9.17, 15) is 0 Å². The van der Waals surface area contributed by atoms with Crippen LogP contribution in [-0.2, 0) is 0 Å². The largest absolute Gasteiger partial charge is 0.324 e. The molecule has 4 heteroatoms. The number of fused-ring (bicyclic) bond motifs is 1. The summed E-state index contributed by atoms with van der Waals surface area (Å²) in [6.45, 7) is 6.02. The van der Waals surface area contributed by atoms with Gasteiger partial charge in [0.25, 0.3) is 0 Å². The Morgan fingerprint density at radius 2 is 2.10 bits per heavy atom. The third-order valence-corrected chi connectivity index (χ3v) is 5.08. The molecule has 2 unspecified atom stereocenters. The van der Waals surface area contributed by atoms with E-state index in [2.05, 4.69) is 9.80 Å². The predicted molar refractivity (Wildman–Crippen MR) is 84.0 cm³/mol. The zero-order chi connectivity index (χ0) is 13.9. The lowest BCUT2D eigenvalue weighted by Gasteiger charge is -2.37. The fraction of sp³-hybridized carbons (Fsp3) is 0.625. The van der Waals surface area contributed by atoms with E-state index in [1.165, 1.54) is 39.0 Å². The van der Waals surface area contributed by atoms with Gasteiger partial charge in [0.2, 0.25) is 0 Å². The van der Waals surface area contributed by atoms with E-state index in [0.717, 1.165) is 29.6 Å². The van der Waals surface area contributed by atoms with Gasteiger partial charge < -0.3 is 10.6 Å². The summed E-state index contributed by atoms with van der Waals surface area (Å²) in [5.41, 5.74) is 7.38. The van der Waals surface area contributed by atoms with Gasteiger partial charge in [0.15, 0.2) is 0 Å². The highest BCUT2D eigenvalue weighted by molar-refractivity contribution is 6.31. The first-order valence-electron chi connectivity index (χ1n) is 7.70. The van der Waals surface area contributed by atoms with E-state index in [1.54, 1.807) is 0 Å². The third-order valence-electron chi connectivity index (χ3n) is 4.73. The zero-order valence-corrected chi connectivity index (χ0v) is 12.7. The molecule has 3 rings (SSSR count). The second kappa shape index (κ2) is 6.44. The number of nitrogens with zero attached hydrogens (tertiary/aromatic N) is 2. The highest BCUT2D eigenvalue weighted by Gasteiger charge is 2.30. The van der Waals surface area contributed by atoms with Gasteiger partial charge >= 0.3 is 0 Å². The van der Waals surface area contributed by atoms with Crippen molar-refractivity contribution in [1.82, 2.24) is 9.80 Å². The van der Waals surface area contributed by atoms with Crippen LogP contribution in [-0.4, -0.2) is 48.6 Å². The normalized spacial score (nSPS) is 25.6. The molecule has 1 aromatic rings. The van der Waals surface area contributed by atoms with Gasteiger partial charge in [-0.3, -0.25) is 4.90 Å². The molecular formula is C16H24ClN3. The first-order valence-corrected chi connectivity index (χ1v) is 8.08. The molecule has 20 heavy (non-hydrogen) atoms. The summed E-state index contributed by atoms with van der Waals surface area (Å²) in [5.74, 6) is 0. The topological polar surface area (TPSA) is 32.5 Å². The Hall–Kier alpha value is -0.610. The Balaban J connectivity index is 1.51. The second-order valence-electron chi connectivity index (χ2n) is 6.05. The molecule has 0 aromatic heterocycles. The molecule has 2 fully saturated rings. The fourth-order valence-corrected chi connectivity index (χ4v) is 3.79. The Morgan fingerprint density at radius 1 is 1.25 bits per heavy atom. The molecule has 2 saturated heterocycles.